The Hall–Kier alpha value is 3.56. The molecule has 0 rings (SSSR count). The third kappa shape index (κ3) is 335. The second kappa shape index (κ2) is 52.7. The Morgan fingerprint density at radius 3 is 0.400 bits per heavy atom. The van der Waals surface area contributed by atoms with Gasteiger partial charge in [0.05, 0.1) is 0 Å². The van der Waals surface area contributed by atoms with E-state index in [0.717, 1.165) is 0 Å². The minimum Gasteiger partial charge on any atom is -0.693 e. The molecule has 0 aromatic carbocycles. The first-order valence-corrected chi connectivity index (χ1v) is 17.6. The van der Waals surface area contributed by atoms with Gasteiger partial charge in [0, 0.05) is 0 Å². The van der Waals surface area contributed by atoms with Gasteiger partial charge >= 0.3 is 106 Å². The molecule has 0 bridgehead atoms. The first-order valence-electron chi connectivity index (χ1n) is 0.717. The van der Waals surface area contributed by atoms with Gasteiger partial charge in [0.15, 0.2) is 0 Å². The molecule has 0 aliphatic carbocycles. The third-order valence-electron chi connectivity index (χ3n) is 0. The summed E-state index contributed by atoms with van der Waals surface area (Å²) >= 11 is -3.70. The largest absolute Gasteiger partial charge is 4.00 e. The molecule has 0 radical (unpaired) electrons. The van der Waals surface area contributed by atoms with Crippen molar-refractivity contribution in [3.05, 3.63) is 36.9 Å². The molecule has 0 aromatic heterocycles. The van der Waals surface area contributed by atoms with E-state index in [-0.39, 0.29) is 58.0 Å². The SMILES string of the molecule is [Cl][Pt]([Cl])[Cl].[Cl][Pt]([Cl])[Cl].[NH2-].[NH2-].[NH2-].[NH2-].[NH2-].[NH2-].[Pt+4]. The van der Waals surface area contributed by atoms with Crippen LogP contribution in [0, 0.1) is 0 Å². The van der Waals surface area contributed by atoms with Crippen molar-refractivity contribution in [1.82, 2.24) is 0 Å². The smallest absolute Gasteiger partial charge is 0.693 e. The van der Waals surface area contributed by atoms with Crippen LogP contribution in [0.15, 0.2) is 0 Å². The van der Waals surface area contributed by atoms with E-state index in [4.69, 9.17) is 56.5 Å². The van der Waals surface area contributed by atoms with Gasteiger partial charge in [-0.1, -0.05) is 0 Å². The van der Waals surface area contributed by atoms with E-state index < -0.39 is 28.4 Å². The molecule has 0 heterocycles. The van der Waals surface area contributed by atoms with Gasteiger partial charge < -0.3 is 36.9 Å². The summed E-state index contributed by atoms with van der Waals surface area (Å²) in [4.78, 5) is 0. The van der Waals surface area contributed by atoms with Gasteiger partial charge in [-0.05, 0) is 0 Å². The standard InChI is InChI=1S/6ClH.6H2N.3Pt/h6*1H;6*1H2;;;/q;;;;;;6*-1;2*+3;+4/p-6. The first-order chi connectivity index (χ1) is 3.46. The van der Waals surface area contributed by atoms with E-state index in [1.54, 1.807) is 0 Å². The van der Waals surface area contributed by atoms with Crippen molar-refractivity contribution in [1.29, 1.82) is 0 Å². The van der Waals surface area contributed by atoms with Gasteiger partial charge in [-0.2, -0.15) is 0 Å². The zero-order chi connectivity index (χ0) is 7.15. The third-order valence-corrected chi connectivity index (χ3v) is 0. The second-order valence-electron chi connectivity index (χ2n) is 0.271. The number of hydrogen-bond acceptors (Lipinski definition) is 0. The molecule has 0 aliphatic heterocycles. The maximum Gasteiger partial charge on any atom is 4.00 e. The van der Waals surface area contributed by atoms with E-state index in [2.05, 4.69) is 0 Å². The molecular formula is H12Cl6N6Pt3-2. The molecule has 15 heavy (non-hydrogen) atoms. The summed E-state index contributed by atoms with van der Waals surface area (Å²) in [5.74, 6) is 0. The Balaban J connectivity index is -0.00000000468. The summed E-state index contributed by atoms with van der Waals surface area (Å²) in [6.45, 7) is 0. The van der Waals surface area contributed by atoms with Crippen LogP contribution in [0.1, 0.15) is 0 Å². The van der Waals surface area contributed by atoms with Crippen LogP contribution >= 0.6 is 56.5 Å². The van der Waals surface area contributed by atoms with E-state index in [0.29, 0.717) is 0 Å². The summed E-state index contributed by atoms with van der Waals surface area (Å²) in [6, 6.07) is 0. The van der Waals surface area contributed by atoms with Crippen molar-refractivity contribution < 1.29 is 49.4 Å². The molecule has 15 heteroatoms. The van der Waals surface area contributed by atoms with Gasteiger partial charge in [-0.3, -0.25) is 0 Å². The molecule has 0 aromatic rings. The minimum absolute atomic E-state index is 0. The second-order valence-corrected chi connectivity index (χ2v) is 20.0. The quantitative estimate of drug-likeness (QED) is 0.225. The number of nitrogens with two attached hydrogens (primary N) is 6. The molecule has 116 valence electrons. The van der Waals surface area contributed by atoms with Crippen LogP contribution in [0.3, 0.4) is 0 Å². The Kier molecular flexibility index (Phi) is 220. The topological polar surface area (TPSA) is 201 Å². The summed E-state index contributed by atoms with van der Waals surface area (Å²) in [7, 11) is 29.8. The Bertz CT molecular complexity index is 38.3. The first kappa shape index (κ1) is 62.6. The van der Waals surface area contributed by atoms with Crippen LogP contribution in [-0.4, -0.2) is 0 Å². The van der Waals surface area contributed by atoms with Gasteiger partial charge in [0.1, 0.15) is 0 Å². The fourth-order valence-corrected chi connectivity index (χ4v) is 0. The van der Waals surface area contributed by atoms with Crippen molar-refractivity contribution in [2.75, 3.05) is 0 Å². The predicted molar refractivity (Wildman–Crippen MR) is 66.8 cm³/mol. The Morgan fingerprint density at radius 1 is 0.400 bits per heavy atom. The van der Waals surface area contributed by atoms with Crippen molar-refractivity contribution >= 4 is 56.5 Å². The summed E-state index contributed by atoms with van der Waals surface area (Å²) < 4.78 is 0. The molecule has 0 atom stereocenters. The minimum atomic E-state index is -1.85. The fourth-order valence-electron chi connectivity index (χ4n) is 0. The molecule has 0 saturated heterocycles. The zero-order valence-electron chi connectivity index (χ0n) is 6.68. The average molecular weight is 894 g/mol. The average Bonchev–Trinajstić information content (AvgIpc) is 1.25. The van der Waals surface area contributed by atoms with Gasteiger partial charge in [0.2, 0.25) is 0 Å². The summed E-state index contributed by atoms with van der Waals surface area (Å²) in [6.07, 6.45) is 0. The van der Waals surface area contributed by atoms with Crippen LogP contribution in [0.4, 0.5) is 0 Å². The van der Waals surface area contributed by atoms with Crippen LogP contribution in [0.5, 0.6) is 0 Å². The number of rotatable bonds is 0. The molecule has 0 amide bonds. The van der Waals surface area contributed by atoms with Crippen molar-refractivity contribution in [2.24, 2.45) is 0 Å². The fraction of sp³-hybridized carbons (Fsp3) is 0. The summed E-state index contributed by atoms with van der Waals surface area (Å²) in [5.41, 5.74) is 0. The molecule has 0 unspecified atom stereocenters. The normalized spacial score (nSPS) is 6.00. The monoisotopic (exact) mass is 891 g/mol. The van der Waals surface area contributed by atoms with Gasteiger partial charge in [0.25, 0.3) is 0 Å². The van der Waals surface area contributed by atoms with Crippen LogP contribution < -0.4 is 0 Å². The molecular weight excluding hydrogens is 882 g/mol. The van der Waals surface area contributed by atoms with E-state index in [1.165, 1.54) is 0 Å². The van der Waals surface area contributed by atoms with Crippen LogP contribution in [0.25, 0.3) is 36.9 Å². The predicted octanol–water partition coefficient (Wildman–Crippen LogP) is 8.43. The van der Waals surface area contributed by atoms with E-state index in [1.807, 2.05) is 0 Å². The number of hydrogen-bond donors (Lipinski definition) is 0. The molecule has 6 nitrogen and oxygen atoms in total. The maximum atomic E-state index is 4.96. The van der Waals surface area contributed by atoms with Gasteiger partial charge in [-0.15, -0.1) is 0 Å². The van der Waals surface area contributed by atoms with Gasteiger partial charge in [-0.25, -0.2) is 0 Å². The summed E-state index contributed by atoms with van der Waals surface area (Å²) in [5, 5.41) is 0. The number of halogens is 6. The Morgan fingerprint density at radius 2 is 0.400 bits per heavy atom. The maximum absolute atomic E-state index is 4.96. The molecule has 0 aliphatic rings. The van der Waals surface area contributed by atoms with Crippen LogP contribution in [0.2, 0.25) is 0 Å². The molecule has 0 spiro atoms. The molecule has 0 fully saturated rings. The van der Waals surface area contributed by atoms with Crippen molar-refractivity contribution in [2.45, 2.75) is 0 Å². The molecule has 0 saturated carbocycles. The van der Waals surface area contributed by atoms with Crippen LogP contribution in [-0.2, 0) is 49.4 Å². The Labute approximate surface area is 141 Å². The van der Waals surface area contributed by atoms with Crippen molar-refractivity contribution in [3.8, 4) is 0 Å². The van der Waals surface area contributed by atoms with Crippen molar-refractivity contribution in [3.63, 3.8) is 0 Å². The molecule has 12 N–H and O–H groups in total. The van der Waals surface area contributed by atoms with E-state index in [9.17, 15) is 0 Å². The van der Waals surface area contributed by atoms with E-state index >= 15 is 0 Å². The zero-order valence-corrected chi connectivity index (χ0v) is 18.0.